The fraction of sp³-hybridized carbons (Fsp3) is 0.176. The number of hydrogen-bond acceptors (Lipinski definition) is 4. The van der Waals surface area contributed by atoms with Gasteiger partial charge >= 0.3 is 0 Å². The summed E-state index contributed by atoms with van der Waals surface area (Å²) >= 11 is 0. The van der Waals surface area contributed by atoms with Gasteiger partial charge in [-0.3, -0.25) is 4.98 Å². The van der Waals surface area contributed by atoms with E-state index in [-0.39, 0.29) is 0 Å². The van der Waals surface area contributed by atoms with Gasteiger partial charge in [-0.05, 0) is 37.3 Å². The van der Waals surface area contributed by atoms with Gasteiger partial charge in [-0.15, -0.1) is 0 Å². The average Bonchev–Trinajstić information content (AvgIpc) is 2.97. The molecule has 0 saturated heterocycles. The summed E-state index contributed by atoms with van der Waals surface area (Å²) in [6.45, 7) is 2.01. The van der Waals surface area contributed by atoms with Crippen LogP contribution < -0.4 is 9.47 Å². The van der Waals surface area contributed by atoms with Gasteiger partial charge in [0.05, 0.1) is 19.9 Å². The van der Waals surface area contributed by atoms with Crippen molar-refractivity contribution in [2.45, 2.75) is 6.92 Å². The standard InChI is InChI=1S/C17H17N3O2/c1-11-16(12-6-8-18-9-7-12)20-17(19-11)13-4-5-14(21-2)15(10-13)22-3/h4-10H,1-3H3,(H,19,20). The molecule has 5 nitrogen and oxygen atoms in total. The van der Waals surface area contributed by atoms with Crippen LogP contribution >= 0.6 is 0 Å². The van der Waals surface area contributed by atoms with E-state index in [1.54, 1.807) is 26.6 Å². The minimum Gasteiger partial charge on any atom is -0.493 e. The number of pyridine rings is 1. The molecule has 2 aromatic heterocycles. The smallest absolute Gasteiger partial charge is 0.161 e. The first-order valence-electron chi connectivity index (χ1n) is 6.92. The van der Waals surface area contributed by atoms with Crippen molar-refractivity contribution >= 4 is 0 Å². The molecule has 5 heteroatoms. The molecule has 0 aliphatic carbocycles. The number of methoxy groups -OCH3 is 2. The maximum atomic E-state index is 5.35. The molecule has 0 bridgehead atoms. The molecular weight excluding hydrogens is 278 g/mol. The van der Waals surface area contributed by atoms with Crippen LogP contribution in [0, 0.1) is 6.92 Å². The molecule has 0 aliphatic rings. The second-order valence-electron chi connectivity index (χ2n) is 4.86. The molecule has 2 heterocycles. The number of hydrogen-bond donors (Lipinski definition) is 1. The molecule has 0 atom stereocenters. The first-order chi connectivity index (χ1) is 10.7. The summed E-state index contributed by atoms with van der Waals surface area (Å²) in [5, 5.41) is 0. The highest BCUT2D eigenvalue weighted by Gasteiger charge is 2.12. The van der Waals surface area contributed by atoms with E-state index < -0.39 is 0 Å². The number of rotatable bonds is 4. The van der Waals surface area contributed by atoms with Crippen LogP contribution in [-0.4, -0.2) is 29.2 Å². The number of imidazole rings is 1. The maximum Gasteiger partial charge on any atom is 0.161 e. The zero-order chi connectivity index (χ0) is 15.5. The van der Waals surface area contributed by atoms with Crippen LogP contribution in [0.2, 0.25) is 0 Å². The summed E-state index contributed by atoms with van der Waals surface area (Å²) in [4.78, 5) is 12.1. The van der Waals surface area contributed by atoms with Gasteiger partial charge in [0.1, 0.15) is 5.82 Å². The Morgan fingerprint density at radius 3 is 2.32 bits per heavy atom. The molecule has 0 spiro atoms. The quantitative estimate of drug-likeness (QED) is 0.800. The highest BCUT2D eigenvalue weighted by molar-refractivity contribution is 5.68. The minimum absolute atomic E-state index is 0.680. The SMILES string of the molecule is COc1ccc(-c2nc(-c3ccncc3)c(C)[nH]2)cc1OC. The summed E-state index contributed by atoms with van der Waals surface area (Å²) in [6.07, 6.45) is 3.53. The number of ether oxygens (including phenoxy) is 2. The highest BCUT2D eigenvalue weighted by atomic mass is 16.5. The molecule has 1 N–H and O–H groups in total. The lowest BCUT2D eigenvalue weighted by atomic mass is 10.2. The number of benzene rings is 1. The third-order valence-corrected chi connectivity index (χ3v) is 3.50. The molecule has 0 saturated carbocycles. The zero-order valence-electron chi connectivity index (χ0n) is 12.8. The number of nitrogens with one attached hydrogen (secondary N) is 1. The monoisotopic (exact) mass is 295 g/mol. The fourth-order valence-corrected chi connectivity index (χ4v) is 2.37. The first kappa shape index (κ1) is 14.1. The largest absolute Gasteiger partial charge is 0.493 e. The van der Waals surface area contributed by atoms with Gasteiger partial charge < -0.3 is 14.5 Å². The van der Waals surface area contributed by atoms with E-state index >= 15 is 0 Å². The number of aryl methyl sites for hydroxylation is 1. The van der Waals surface area contributed by atoms with E-state index in [9.17, 15) is 0 Å². The Balaban J connectivity index is 2.03. The van der Waals surface area contributed by atoms with Crippen molar-refractivity contribution in [2.24, 2.45) is 0 Å². The van der Waals surface area contributed by atoms with Crippen LogP contribution in [-0.2, 0) is 0 Å². The first-order valence-corrected chi connectivity index (χ1v) is 6.92. The minimum atomic E-state index is 0.680. The van der Waals surface area contributed by atoms with Crippen LogP contribution in [0.5, 0.6) is 11.5 Å². The van der Waals surface area contributed by atoms with Crippen LogP contribution in [0.15, 0.2) is 42.7 Å². The molecule has 0 fully saturated rings. The van der Waals surface area contributed by atoms with Crippen molar-refractivity contribution < 1.29 is 9.47 Å². The van der Waals surface area contributed by atoms with Gasteiger partial charge in [-0.1, -0.05) is 0 Å². The Kier molecular flexibility index (Phi) is 3.78. The van der Waals surface area contributed by atoms with E-state index in [0.717, 1.165) is 28.3 Å². The predicted octanol–water partition coefficient (Wildman–Crippen LogP) is 3.46. The molecule has 0 amide bonds. The third-order valence-electron chi connectivity index (χ3n) is 3.50. The van der Waals surface area contributed by atoms with Crippen molar-refractivity contribution in [3.05, 3.63) is 48.4 Å². The molecule has 3 aromatic rings. The molecular formula is C17H17N3O2. The van der Waals surface area contributed by atoms with Crippen molar-refractivity contribution in [3.8, 4) is 34.1 Å². The summed E-state index contributed by atoms with van der Waals surface area (Å²) in [5.41, 5.74) is 3.92. The number of aromatic nitrogens is 3. The Hall–Kier alpha value is -2.82. The predicted molar refractivity (Wildman–Crippen MR) is 85.1 cm³/mol. The zero-order valence-corrected chi connectivity index (χ0v) is 12.8. The Morgan fingerprint density at radius 2 is 1.64 bits per heavy atom. The van der Waals surface area contributed by atoms with Gasteiger partial charge in [-0.25, -0.2) is 4.98 Å². The molecule has 1 aromatic carbocycles. The molecule has 3 rings (SSSR count). The van der Waals surface area contributed by atoms with Gasteiger partial charge in [-0.2, -0.15) is 0 Å². The maximum absolute atomic E-state index is 5.35. The van der Waals surface area contributed by atoms with Crippen molar-refractivity contribution in [1.82, 2.24) is 15.0 Å². The number of H-pyrrole nitrogens is 1. The topological polar surface area (TPSA) is 60.0 Å². The lowest BCUT2D eigenvalue weighted by Gasteiger charge is -2.08. The van der Waals surface area contributed by atoms with Crippen LogP contribution in [0.25, 0.3) is 22.6 Å². The second kappa shape index (κ2) is 5.89. The lowest BCUT2D eigenvalue weighted by Crippen LogP contribution is -1.91. The van der Waals surface area contributed by atoms with Gasteiger partial charge in [0, 0.05) is 29.2 Å². The average molecular weight is 295 g/mol. The van der Waals surface area contributed by atoms with E-state index in [1.165, 1.54) is 0 Å². The van der Waals surface area contributed by atoms with Crippen LogP contribution in [0.3, 0.4) is 0 Å². The third kappa shape index (κ3) is 2.53. The van der Waals surface area contributed by atoms with E-state index in [0.29, 0.717) is 11.5 Å². The fourth-order valence-electron chi connectivity index (χ4n) is 2.37. The van der Waals surface area contributed by atoms with Gasteiger partial charge in [0.25, 0.3) is 0 Å². The summed E-state index contributed by atoms with van der Waals surface area (Å²) in [5.74, 6) is 2.17. The summed E-state index contributed by atoms with van der Waals surface area (Å²) in [7, 11) is 3.24. The van der Waals surface area contributed by atoms with Crippen molar-refractivity contribution in [1.29, 1.82) is 0 Å². The van der Waals surface area contributed by atoms with E-state index in [2.05, 4.69) is 9.97 Å². The highest BCUT2D eigenvalue weighted by Crippen LogP contribution is 2.32. The normalized spacial score (nSPS) is 10.5. The molecule has 22 heavy (non-hydrogen) atoms. The van der Waals surface area contributed by atoms with E-state index in [4.69, 9.17) is 14.5 Å². The molecule has 0 aliphatic heterocycles. The van der Waals surface area contributed by atoms with Crippen molar-refractivity contribution in [3.63, 3.8) is 0 Å². The van der Waals surface area contributed by atoms with Crippen molar-refractivity contribution in [2.75, 3.05) is 14.2 Å². The molecule has 112 valence electrons. The van der Waals surface area contributed by atoms with Gasteiger partial charge in [0.2, 0.25) is 0 Å². The Bertz CT molecular complexity index is 782. The summed E-state index contributed by atoms with van der Waals surface area (Å²) < 4.78 is 10.6. The number of nitrogens with zero attached hydrogens (tertiary/aromatic N) is 2. The Morgan fingerprint density at radius 1 is 0.909 bits per heavy atom. The van der Waals surface area contributed by atoms with Crippen LogP contribution in [0.4, 0.5) is 0 Å². The molecule has 0 radical (unpaired) electrons. The summed E-state index contributed by atoms with van der Waals surface area (Å²) in [6, 6.07) is 9.63. The molecule has 0 unspecified atom stereocenters. The number of aromatic amines is 1. The van der Waals surface area contributed by atoms with Gasteiger partial charge in [0.15, 0.2) is 11.5 Å². The lowest BCUT2D eigenvalue weighted by molar-refractivity contribution is 0.355. The Labute approximate surface area is 129 Å². The van der Waals surface area contributed by atoms with E-state index in [1.807, 2.05) is 37.3 Å². The van der Waals surface area contributed by atoms with Crippen LogP contribution in [0.1, 0.15) is 5.69 Å². The second-order valence-corrected chi connectivity index (χ2v) is 4.86.